The lowest BCUT2D eigenvalue weighted by Crippen LogP contribution is -2.27. The number of aromatic amines is 2. The Morgan fingerprint density at radius 3 is 2.81 bits per heavy atom. The Labute approximate surface area is 98.9 Å². The Kier molecular flexibility index (Phi) is 2.59. The van der Waals surface area contributed by atoms with E-state index in [0.29, 0.717) is 10.5 Å². The van der Waals surface area contributed by atoms with Gasteiger partial charge in [0, 0.05) is 0 Å². The second-order valence-electron chi connectivity index (χ2n) is 3.99. The molecule has 0 fully saturated rings. The van der Waals surface area contributed by atoms with E-state index in [1.54, 1.807) is 7.11 Å². The highest BCUT2D eigenvalue weighted by atomic mass is 32.1. The number of aromatic nitrogens is 2. The maximum atomic E-state index is 5.23. The van der Waals surface area contributed by atoms with Crippen molar-refractivity contribution in [3.8, 4) is 0 Å². The van der Waals surface area contributed by atoms with Crippen molar-refractivity contribution in [2.75, 3.05) is 7.11 Å². The van der Waals surface area contributed by atoms with Gasteiger partial charge in [-0.15, -0.1) is 0 Å². The van der Waals surface area contributed by atoms with Crippen LogP contribution in [0.2, 0.25) is 0 Å². The van der Waals surface area contributed by atoms with Crippen molar-refractivity contribution in [1.29, 1.82) is 0 Å². The molecule has 3 nitrogen and oxygen atoms in total. The van der Waals surface area contributed by atoms with Gasteiger partial charge in [-0.25, -0.2) is 0 Å². The summed E-state index contributed by atoms with van der Waals surface area (Å²) < 4.78 is 5.85. The Morgan fingerprint density at radius 1 is 1.44 bits per heavy atom. The summed E-state index contributed by atoms with van der Waals surface area (Å²) in [6, 6.07) is 0. The number of H-pyrrole nitrogens is 2. The van der Waals surface area contributed by atoms with E-state index in [2.05, 4.69) is 22.6 Å². The molecule has 1 unspecified atom stereocenters. The first-order chi connectivity index (χ1) is 7.55. The first-order valence-corrected chi connectivity index (χ1v) is 5.40. The van der Waals surface area contributed by atoms with Crippen molar-refractivity contribution in [2.45, 2.75) is 6.92 Å². The molecule has 0 radical (unpaired) electrons. The molecular formula is C12H14N2OS. The SMILES string of the molecule is C=C(OC)C1(C)C=CC=c2[nH]c(=S)[nH]c2=C1. The van der Waals surface area contributed by atoms with Crippen LogP contribution in [0.4, 0.5) is 0 Å². The Morgan fingerprint density at radius 2 is 2.12 bits per heavy atom. The largest absolute Gasteiger partial charge is 0.500 e. The Bertz CT molecular complexity index is 620. The van der Waals surface area contributed by atoms with E-state index < -0.39 is 0 Å². The molecule has 0 aromatic carbocycles. The van der Waals surface area contributed by atoms with Crippen LogP contribution >= 0.6 is 12.2 Å². The van der Waals surface area contributed by atoms with Gasteiger partial charge in [0.05, 0.1) is 23.2 Å². The number of nitrogens with one attached hydrogen (secondary N) is 2. The third kappa shape index (κ3) is 1.76. The summed E-state index contributed by atoms with van der Waals surface area (Å²) in [7, 11) is 1.63. The van der Waals surface area contributed by atoms with Crippen molar-refractivity contribution < 1.29 is 4.74 Å². The molecule has 0 amide bonds. The zero-order chi connectivity index (χ0) is 11.8. The first-order valence-electron chi connectivity index (χ1n) is 4.99. The zero-order valence-corrected chi connectivity index (χ0v) is 10.1. The van der Waals surface area contributed by atoms with Gasteiger partial charge in [-0.2, -0.15) is 0 Å². The van der Waals surface area contributed by atoms with Gasteiger partial charge in [-0.1, -0.05) is 18.7 Å². The third-order valence-electron chi connectivity index (χ3n) is 2.78. The molecule has 4 heteroatoms. The monoisotopic (exact) mass is 234 g/mol. The first kappa shape index (κ1) is 11.0. The molecule has 1 heterocycles. The summed E-state index contributed by atoms with van der Waals surface area (Å²) >= 11 is 5.07. The van der Waals surface area contributed by atoms with Crippen molar-refractivity contribution in [3.05, 3.63) is 40.0 Å². The van der Waals surface area contributed by atoms with Crippen molar-refractivity contribution >= 4 is 24.4 Å². The molecule has 2 rings (SSSR count). The number of hydrogen-bond acceptors (Lipinski definition) is 2. The van der Waals surface area contributed by atoms with Crippen LogP contribution in [-0.4, -0.2) is 17.1 Å². The number of hydrogen-bond donors (Lipinski definition) is 2. The van der Waals surface area contributed by atoms with Crippen LogP contribution in [0, 0.1) is 10.2 Å². The van der Waals surface area contributed by atoms with E-state index in [9.17, 15) is 0 Å². The molecule has 1 aliphatic rings. The zero-order valence-electron chi connectivity index (χ0n) is 9.33. The highest BCUT2D eigenvalue weighted by Crippen LogP contribution is 2.30. The second-order valence-corrected chi connectivity index (χ2v) is 4.39. The maximum absolute atomic E-state index is 5.23. The summed E-state index contributed by atoms with van der Waals surface area (Å²) in [5, 5.41) is 1.95. The molecule has 1 aromatic heterocycles. The summed E-state index contributed by atoms with van der Waals surface area (Å²) in [5.41, 5.74) is -0.322. The molecule has 0 bridgehead atoms. The van der Waals surface area contributed by atoms with E-state index in [1.807, 2.05) is 25.2 Å². The van der Waals surface area contributed by atoms with Crippen LogP contribution in [0.5, 0.6) is 0 Å². The molecule has 0 aliphatic heterocycles. The number of allylic oxidation sites excluding steroid dienone is 2. The molecular weight excluding hydrogens is 220 g/mol. The molecule has 2 N–H and O–H groups in total. The van der Waals surface area contributed by atoms with Crippen LogP contribution in [0.1, 0.15) is 6.92 Å². The lowest BCUT2D eigenvalue weighted by atomic mass is 9.88. The molecule has 0 saturated heterocycles. The van der Waals surface area contributed by atoms with Gasteiger partial charge in [0.1, 0.15) is 5.76 Å². The van der Waals surface area contributed by atoms with E-state index in [4.69, 9.17) is 17.0 Å². The fraction of sp³-hybridized carbons (Fsp3) is 0.250. The second kappa shape index (κ2) is 3.79. The van der Waals surface area contributed by atoms with Gasteiger partial charge in [-0.3, -0.25) is 0 Å². The number of fused-ring (bicyclic) bond motifs is 1. The average molecular weight is 234 g/mol. The summed E-state index contributed by atoms with van der Waals surface area (Å²) in [6.07, 6.45) is 8.06. The number of imidazole rings is 1. The lowest BCUT2D eigenvalue weighted by molar-refractivity contribution is 0.244. The minimum Gasteiger partial charge on any atom is -0.500 e. The predicted octanol–water partition coefficient (Wildman–Crippen LogP) is 1.37. The van der Waals surface area contributed by atoms with Crippen molar-refractivity contribution in [2.24, 2.45) is 5.41 Å². The molecule has 16 heavy (non-hydrogen) atoms. The minimum absolute atomic E-state index is 0.322. The number of rotatable bonds is 2. The fourth-order valence-corrected chi connectivity index (χ4v) is 1.96. The van der Waals surface area contributed by atoms with Crippen molar-refractivity contribution in [3.63, 3.8) is 0 Å². The van der Waals surface area contributed by atoms with E-state index >= 15 is 0 Å². The topological polar surface area (TPSA) is 40.8 Å². The van der Waals surface area contributed by atoms with Crippen LogP contribution in [0.25, 0.3) is 12.2 Å². The van der Waals surface area contributed by atoms with Gasteiger partial charge in [0.25, 0.3) is 0 Å². The Balaban J connectivity index is 2.68. The van der Waals surface area contributed by atoms with Crippen LogP contribution in [0.3, 0.4) is 0 Å². The van der Waals surface area contributed by atoms with Crippen molar-refractivity contribution in [1.82, 2.24) is 9.97 Å². The van der Waals surface area contributed by atoms with Gasteiger partial charge in [0.2, 0.25) is 0 Å². The minimum atomic E-state index is -0.322. The summed E-state index contributed by atoms with van der Waals surface area (Å²) in [5.74, 6) is 0.700. The summed E-state index contributed by atoms with van der Waals surface area (Å²) in [6.45, 7) is 5.97. The van der Waals surface area contributed by atoms with Gasteiger partial charge in [-0.05, 0) is 31.3 Å². The number of methoxy groups -OCH3 is 1. The van der Waals surface area contributed by atoms with Gasteiger partial charge < -0.3 is 14.7 Å². The summed E-state index contributed by atoms with van der Waals surface area (Å²) in [4.78, 5) is 6.19. The van der Waals surface area contributed by atoms with E-state index in [-0.39, 0.29) is 5.41 Å². The molecule has 0 saturated carbocycles. The molecule has 84 valence electrons. The standard InChI is InChI=1S/C12H14N2OS/c1-8(15-3)12(2)6-4-5-9-10(7-12)14-11(16)13-9/h4-7H,1H2,2-3H3,(H2,13,14,16). The van der Waals surface area contributed by atoms with Gasteiger partial charge in [0.15, 0.2) is 4.77 Å². The van der Waals surface area contributed by atoms with Crippen LogP contribution in [-0.2, 0) is 4.74 Å². The predicted molar refractivity (Wildman–Crippen MR) is 67.6 cm³/mol. The molecule has 1 atom stereocenters. The quantitative estimate of drug-likeness (QED) is 0.599. The molecule has 0 spiro atoms. The van der Waals surface area contributed by atoms with Gasteiger partial charge >= 0.3 is 0 Å². The average Bonchev–Trinajstić information content (AvgIpc) is 2.49. The molecule has 1 aliphatic carbocycles. The molecule has 1 aromatic rings. The normalized spacial score (nSPS) is 22.6. The Hall–Kier alpha value is -1.55. The fourth-order valence-electron chi connectivity index (χ4n) is 1.74. The van der Waals surface area contributed by atoms with Crippen LogP contribution in [0.15, 0.2) is 24.5 Å². The number of ether oxygens (including phenoxy) is 1. The smallest absolute Gasteiger partial charge is 0.175 e. The third-order valence-corrected chi connectivity index (χ3v) is 2.99. The van der Waals surface area contributed by atoms with E-state index in [0.717, 1.165) is 10.7 Å². The van der Waals surface area contributed by atoms with Crippen LogP contribution < -0.4 is 10.7 Å². The lowest BCUT2D eigenvalue weighted by Gasteiger charge is -2.22. The maximum Gasteiger partial charge on any atom is 0.175 e. The highest BCUT2D eigenvalue weighted by molar-refractivity contribution is 7.71. The highest BCUT2D eigenvalue weighted by Gasteiger charge is 2.23. The van der Waals surface area contributed by atoms with E-state index in [1.165, 1.54) is 0 Å².